The number of carbonyl (C=O) groups excluding carboxylic acids is 1. The van der Waals surface area contributed by atoms with Crippen LogP contribution in [-0.4, -0.2) is 30.8 Å². The molecule has 0 bridgehead atoms. The molecule has 17 heavy (non-hydrogen) atoms. The van der Waals surface area contributed by atoms with E-state index < -0.39 is 0 Å². The normalized spacial score (nSPS) is 23.1. The first-order valence-corrected chi connectivity index (χ1v) is 7.07. The molecule has 1 aromatic heterocycles. The fourth-order valence-corrected chi connectivity index (χ4v) is 3.30. The third-order valence-corrected chi connectivity index (χ3v) is 4.54. The van der Waals surface area contributed by atoms with E-state index in [9.17, 15) is 4.79 Å². The molecule has 2 nitrogen and oxygen atoms in total. The zero-order valence-electron chi connectivity index (χ0n) is 11.1. The molecule has 0 saturated heterocycles. The first kappa shape index (κ1) is 12.8. The Labute approximate surface area is 108 Å². The summed E-state index contributed by atoms with van der Waals surface area (Å²) in [5, 5.41) is 0. The monoisotopic (exact) mass is 251 g/mol. The molecule has 2 rings (SSSR count). The first-order chi connectivity index (χ1) is 7.97. The predicted octanol–water partition coefficient (Wildman–Crippen LogP) is 3.14. The molecule has 1 aliphatic carbocycles. The van der Waals surface area contributed by atoms with E-state index >= 15 is 0 Å². The maximum Gasteiger partial charge on any atom is 0.177 e. The predicted molar refractivity (Wildman–Crippen MR) is 72.9 cm³/mol. The van der Waals surface area contributed by atoms with Crippen molar-refractivity contribution in [2.45, 2.75) is 27.2 Å². The molecule has 0 aliphatic heterocycles. The Balaban J connectivity index is 1.90. The summed E-state index contributed by atoms with van der Waals surface area (Å²) < 4.78 is 0. The van der Waals surface area contributed by atoms with Crippen LogP contribution in [0.4, 0.5) is 0 Å². The van der Waals surface area contributed by atoms with Crippen LogP contribution in [0.25, 0.3) is 0 Å². The highest BCUT2D eigenvalue weighted by atomic mass is 32.1. The average Bonchev–Trinajstić information content (AvgIpc) is 2.77. The van der Waals surface area contributed by atoms with Crippen molar-refractivity contribution < 1.29 is 4.79 Å². The molecule has 1 fully saturated rings. The number of nitrogens with zero attached hydrogens (tertiary/aromatic N) is 1. The zero-order valence-corrected chi connectivity index (χ0v) is 11.9. The molecule has 0 amide bonds. The lowest BCUT2D eigenvalue weighted by Crippen LogP contribution is -2.28. The number of hydrogen-bond acceptors (Lipinski definition) is 3. The van der Waals surface area contributed by atoms with E-state index in [4.69, 9.17) is 0 Å². The summed E-state index contributed by atoms with van der Waals surface area (Å²) in [6.07, 6.45) is 1.33. The van der Waals surface area contributed by atoms with E-state index in [-0.39, 0.29) is 5.78 Å². The highest BCUT2D eigenvalue weighted by Crippen LogP contribution is 2.37. The lowest BCUT2D eigenvalue weighted by Gasteiger charge is -2.15. The van der Waals surface area contributed by atoms with E-state index in [1.165, 1.54) is 11.3 Å². The summed E-state index contributed by atoms with van der Waals surface area (Å²) in [4.78, 5) is 16.7. The lowest BCUT2D eigenvalue weighted by atomic mass is 10.1. The second-order valence-electron chi connectivity index (χ2n) is 5.42. The molecule has 1 heterocycles. The van der Waals surface area contributed by atoms with Crippen LogP contribution in [0.3, 0.4) is 0 Å². The minimum Gasteiger partial charge on any atom is -0.299 e. The van der Waals surface area contributed by atoms with Gasteiger partial charge in [0.2, 0.25) is 0 Å². The highest BCUT2D eigenvalue weighted by molar-refractivity contribution is 7.12. The topological polar surface area (TPSA) is 20.3 Å². The molecule has 2 atom stereocenters. The first-order valence-electron chi connectivity index (χ1n) is 6.26. The van der Waals surface area contributed by atoms with E-state index in [2.05, 4.69) is 25.8 Å². The van der Waals surface area contributed by atoms with Gasteiger partial charge >= 0.3 is 0 Å². The third-order valence-electron chi connectivity index (χ3n) is 3.58. The van der Waals surface area contributed by atoms with E-state index in [0.29, 0.717) is 6.54 Å². The molecule has 0 aromatic carbocycles. The molecular formula is C14H21NOS. The van der Waals surface area contributed by atoms with Gasteiger partial charge in [-0.15, -0.1) is 11.3 Å². The smallest absolute Gasteiger partial charge is 0.177 e. The molecule has 1 aliphatic rings. The number of ketones is 1. The number of Topliss-reactive ketones (excluding diaryl/α,β-unsaturated/α-hetero) is 1. The number of rotatable bonds is 5. The Bertz CT molecular complexity index is 424. The standard InChI is InChI=1S/C14H21NOS/c1-9-5-12(9)7-15(4)8-14(16)13-6-10(2)17-11(13)3/h6,9,12H,5,7-8H2,1-4H3. The molecule has 94 valence electrons. The van der Waals surface area contributed by atoms with E-state index in [1.54, 1.807) is 11.3 Å². The number of carbonyl (C=O) groups is 1. The minimum atomic E-state index is 0.266. The van der Waals surface area contributed by atoms with Gasteiger partial charge in [-0.05, 0) is 45.2 Å². The highest BCUT2D eigenvalue weighted by Gasteiger charge is 2.33. The van der Waals surface area contributed by atoms with Crippen molar-refractivity contribution in [1.29, 1.82) is 0 Å². The van der Waals surface area contributed by atoms with Gasteiger partial charge in [-0.1, -0.05) is 6.92 Å². The van der Waals surface area contributed by atoms with Crippen molar-refractivity contribution in [2.24, 2.45) is 11.8 Å². The number of aryl methyl sites for hydroxylation is 2. The van der Waals surface area contributed by atoms with Gasteiger partial charge in [0.15, 0.2) is 5.78 Å². The van der Waals surface area contributed by atoms with Gasteiger partial charge < -0.3 is 0 Å². The van der Waals surface area contributed by atoms with Crippen molar-refractivity contribution in [3.63, 3.8) is 0 Å². The van der Waals surface area contributed by atoms with Crippen LogP contribution in [0.2, 0.25) is 0 Å². The van der Waals surface area contributed by atoms with Crippen LogP contribution in [0.15, 0.2) is 6.07 Å². The Morgan fingerprint density at radius 3 is 2.65 bits per heavy atom. The van der Waals surface area contributed by atoms with Gasteiger partial charge in [-0.2, -0.15) is 0 Å². The molecule has 1 aromatic rings. The van der Waals surface area contributed by atoms with Crippen molar-refractivity contribution in [1.82, 2.24) is 4.90 Å². The van der Waals surface area contributed by atoms with Gasteiger partial charge in [-0.3, -0.25) is 9.69 Å². The van der Waals surface area contributed by atoms with Crippen LogP contribution >= 0.6 is 11.3 Å². The molecular weight excluding hydrogens is 230 g/mol. The van der Waals surface area contributed by atoms with Crippen LogP contribution < -0.4 is 0 Å². The third kappa shape index (κ3) is 3.17. The van der Waals surface area contributed by atoms with Gasteiger partial charge in [0, 0.05) is 21.9 Å². The molecule has 0 radical (unpaired) electrons. The number of thiophene rings is 1. The van der Waals surface area contributed by atoms with Crippen molar-refractivity contribution in [3.8, 4) is 0 Å². The van der Waals surface area contributed by atoms with Gasteiger partial charge in [0.25, 0.3) is 0 Å². The molecule has 3 heteroatoms. The van der Waals surface area contributed by atoms with Crippen molar-refractivity contribution in [2.75, 3.05) is 20.1 Å². The maximum absolute atomic E-state index is 12.1. The van der Waals surface area contributed by atoms with Gasteiger partial charge in [-0.25, -0.2) is 0 Å². The van der Waals surface area contributed by atoms with Gasteiger partial charge in [0.1, 0.15) is 0 Å². The number of hydrogen-bond donors (Lipinski definition) is 0. The summed E-state index contributed by atoms with van der Waals surface area (Å²) in [5.74, 6) is 1.94. The van der Waals surface area contributed by atoms with Crippen LogP contribution in [0, 0.1) is 25.7 Å². The summed E-state index contributed by atoms with van der Waals surface area (Å²) in [5.41, 5.74) is 0.920. The average molecular weight is 251 g/mol. The van der Waals surface area contributed by atoms with Crippen LogP contribution in [0.1, 0.15) is 33.5 Å². The van der Waals surface area contributed by atoms with Crippen molar-refractivity contribution in [3.05, 3.63) is 21.4 Å². The fourth-order valence-electron chi connectivity index (χ4n) is 2.36. The summed E-state index contributed by atoms with van der Waals surface area (Å²) >= 11 is 1.71. The molecule has 0 N–H and O–H groups in total. The maximum atomic E-state index is 12.1. The summed E-state index contributed by atoms with van der Waals surface area (Å²) in [7, 11) is 2.05. The second kappa shape index (κ2) is 4.91. The summed E-state index contributed by atoms with van der Waals surface area (Å²) in [6.45, 7) is 8.00. The zero-order chi connectivity index (χ0) is 12.6. The Morgan fingerprint density at radius 1 is 1.53 bits per heavy atom. The van der Waals surface area contributed by atoms with E-state index in [1.807, 2.05) is 13.0 Å². The molecule has 0 spiro atoms. The van der Waals surface area contributed by atoms with Crippen LogP contribution in [0.5, 0.6) is 0 Å². The Hall–Kier alpha value is -0.670. The Morgan fingerprint density at radius 2 is 2.18 bits per heavy atom. The lowest BCUT2D eigenvalue weighted by molar-refractivity contribution is 0.0943. The van der Waals surface area contributed by atoms with Gasteiger partial charge in [0.05, 0.1) is 6.54 Å². The van der Waals surface area contributed by atoms with Crippen LogP contribution in [-0.2, 0) is 0 Å². The molecule has 1 saturated carbocycles. The quantitative estimate of drug-likeness (QED) is 0.749. The minimum absolute atomic E-state index is 0.266. The second-order valence-corrected chi connectivity index (χ2v) is 6.88. The molecule has 2 unspecified atom stereocenters. The largest absolute Gasteiger partial charge is 0.299 e. The fraction of sp³-hybridized carbons (Fsp3) is 0.643. The summed E-state index contributed by atoms with van der Waals surface area (Å²) in [6, 6.07) is 2.02. The Kier molecular flexibility index (Phi) is 3.69. The SMILES string of the molecule is Cc1cc(C(=O)CN(C)CC2CC2C)c(C)s1. The van der Waals surface area contributed by atoms with Crippen molar-refractivity contribution >= 4 is 17.1 Å². The number of likely N-dealkylation sites (N-methyl/N-ethyl adjacent to an activating group) is 1. The van der Waals surface area contributed by atoms with E-state index in [0.717, 1.165) is 28.8 Å².